The van der Waals surface area contributed by atoms with Gasteiger partial charge in [-0.15, -0.1) is 0 Å². The largest absolute Gasteiger partial charge is 0.454 e. The third-order valence-corrected chi connectivity index (χ3v) is 5.20. The Hall–Kier alpha value is -2.80. The van der Waals surface area contributed by atoms with Crippen molar-refractivity contribution in [3.05, 3.63) is 57.1 Å². The van der Waals surface area contributed by atoms with Crippen LogP contribution in [0.4, 0.5) is 0 Å². The Balaban J connectivity index is 1.39. The van der Waals surface area contributed by atoms with E-state index in [9.17, 15) is 9.59 Å². The second-order valence-corrected chi connectivity index (χ2v) is 7.09. The van der Waals surface area contributed by atoms with E-state index >= 15 is 0 Å². The summed E-state index contributed by atoms with van der Waals surface area (Å²) in [6.45, 7) is 7.71. The van der Waals surface area contributed by atoms with Crippen molar-refractivity contribution in [2.75, 3.05) is 33.0 Å². The van der Waals surface area contributed by atoms with Crippen molar-refractivity contribution in [2.45, 2.75) is 20.4 Å². The van der Waals surface area contributed by atoms with Gasteiger partial charge in [-0.2, -0.15) is 0 Å². The van der Waals surface area contributed by atoms with Gasteiger partial charge in [0.05, 0.1) is 31.7 Å². The van der Waals surface area contributed by atoms with E-state index in [0.717, 1.165) is 31.1 Å². The maximum Gasteiger partial charge on any atom is 0.336 e. The Labute approximate surface area is 157 Å². The lowest BCUT2D eigenvalue weighted by Gasteiger charge is -2.32. The number of rotatable bonds is 3. The number of fused-ring (bicyclic) bond motifs is 1. The van der Waals surface area contributed by atoms with Crippen LogP contribution in [0.25, 0.3) is 0 Å². The molecule has 0 aliphatic carbocycles. The number of quaternary nitrogens is 1. The van der Waals surface area contributed by atoms with E-state index < -0.39 is 5.63 Å². The first kappa shape index (κ1) is 17.6. The van der Waals surface area contributed by atoms with Gasteiger partial charge in [0, 0.05) is 11.6 Å². The first-order valence-corrected chi connectivity index (χ1v) is 9.14. The quantitative estimate of drug-likeness (QED) is 0.852. The van der Waals surface area contributed by atoms with E-state index in [0.29, 0.717) is 30.0 Å². The van der Waals surface area contributed by atoms with Gasteiger partial charge in [0.2, 0.25) is 6.79 Å². The summed E-state index contributed by atoms with van der Waals surface area (Å²) in [7, 11) is 0. The van der Waals surface area contributed by atoms with Crippen LogP contribution in [0.5, 0.6) is 11.5 Å². The number of carbonyl (C=O) groups is 1. The maximum absolute atomic E-state index is 12.9. The SMILES string of the molecule is Cc1cc(=O)oc(C)c1C(=O)N1CC[NH+](Cc2ccc3c(c2)OCO3)CC1. The predicted molar refractivity (Wildman–Crippen MR) is 97.3 cm³/mol. The summed E-state index contributed by atoms with van der Waals surface area (Å²) in [5.41, 5.74) is 1.96. The highest BCUT2D eigenvalue weighted by Gasteiger charge is 2.27. The summed E-state index contributed by atoms with van der Waals surface area (Å²) in [6, 6.07) is 7.43. The molecule has 1 N–H and O–H groups in total. The predicted octanol–water partition coefficient (Wildman–Crippen LogP) is 0.526. The third-order valence-electron chi connectivity index (χ3n) is 5.20. The number of benzene rings is 1. The van der Waals surface area contributed by atoms with Crippen LogP contribution in [0.15, 0.2) is 33.5 Å². The summed E-state index contributed by atoms with van der Waals surface area (Å²) >= 11 is 0. The number of nitrogens with zero attached hydrogens (tertiary/aromatic N) is 1. The highest BCUT2D eigenvalue weighted by atomic mass is 16.7. The van der Waals surface area contributed by atoms with Gasteiger partial charge in [0.15, 0.2) is 11.5 Å². The number of ether oxygens (including phenoxy) is 2. The second kappa shape index (κ2) is 7.08. The minimum atomic E-state index is -0.417. The number of hydrogen-bond acceptors (Lipinski definition) is 5. The maximum atomic E-state index is 12.9. The Morgan fingerprint density at radius 3 is 2.59 bits per heavy atom. The first-order valence-electron chi connectivity index (χ1n) is 9.14. The fraction of sp³-hybridized carbons (Fsp3) is 0.400. The molecule has 1 amide bonds. The van der Waals surface area contributed by atoms with Crippen LogP contribution in [0.2, 0.25) is 0 Å². The molecular weight excluding hydrogens is 348 g/mol. The van der Waals surface area contributed by atoms with Crippen molar-refractivity contribution >= 4 is 5.91 Å². The number of hydrogen-bond donors (Lipinski definition) is 1. The minimum absolute atomic E-state index is 0.0594. The van der Waals surface area contributed by atoms with Gasteiger partial charge < -0.3 is 23.7 Å². The van der Waals surface area contributed by atoms with E-state index in [1.54, 1.807) is 13.8 Å². The number of amides is 1. The van der Waals surface area contributed by atoms with Gasteiger partial charge in [0.25, 0.3) is 5.91 Å². The average molecular weight is 371 g/mol. The summed E-state index contributed by atoms with van der Waals surface area (Å²) < 4.78 is 15.9. The van der Waals surface area contributed by atoms with Crippen LogP contribution < -0.4 is 20.0 Å². The molecule has 0 saturated carbocycles. The van der Waals surface area contributed by atoms with E-state index in [1.807, 2.05) is 17.0 Å². The van der Waals surface area contributed by atoms with Crippen LogP contribution in [-0.2, 0) is 6.54 Å². The summed E-state index contributed by atoms with van der Waals surface area (Å²) in [4.78, 5) is 27.6. The van der Waals surface area contributed by atoms with Crippen molar-refractivity contribution in [3.8, 4) is 11.5 Å². The van der Waals surface area contributed by atoms with Gasteiger partial charge >= 0.3 is 5.63 Å². The molecule has 7 nitrogen and oxygen atoms in total. The molecule has 4 rings (SSSR count). The Morgan fingerprint density at radius 2 is 1.85 bits per heavy atom. The van der Waals surface area contributed by atoms with Crippen molar-refractivity contribution in [2.24, 2.45) is 0 Å². The van der Waals surface area contributed by atoms with E-state index in [2.05, 4.69) is 6.07 Å². The number of nitrogens with one attached hydrogen (secondary N) is 1. The highest BCUT2D eigenvalue weighted by molar-refractivity contribution is 5.96. The molecule has 7 heteroatoms. The zero-order chi connectivity index (χ0) is 19.0. The van der Waals surface area contributed by atoms with Crippen LogP contribution in [0.1, 0.15) is 27.2 Å². The normalized spacial score (nSPS) is 16.6. The summed E-state index contributed by atoms with van der Waals surface area (Å²) in [6.07, 6.45) is 0. The molecule has 1 aromatic carbocycles. The van der Waals surface area contributed by atoms with Crippen LogP contribution in [0, 0.1) is 13.8 Å². The smallest absolute Gasteiger partial charge is 0.336 e. The van der Waals surface area contributed by atoms with Gasteiger partial charge in [-0.3, -0.25) is 4.79 Å². The van der Waals surface area contributed by atoms with Crippen molar-refractivity contribution in [3.63, 3.8) is 0 Å². The zero-order valence-corrected chi connectivity index (χ0v) is 15.5. The van der Waals surface area contributed by atoms with Gasteiger partial charge in [-0.25, -0.2) is 4.79 Å². The van der Waals surface area contributed by atoms with Crippen LogP contribution in [-0.4, -0.2) is 43.8 Å². The second-order valence-electron chi connectivity index (χ2n) is 7.09. The standard InChI is InChI=1S/C20H22N2O5/c1-13-9-18(23)27-14(2)19(13)20(24)22-7-5-21(6-8-22)11-15-3-4-16-17(10-15)26-12-25-16/h3-4,9-10H,5-8,11-12H2,1-2H3/p+1. The minimum Gasteiger partial charge on any atom is -0.454 e. The van der Waals surface area contributed by atoms with E-state index in [-0.39, 0.29) is 12.7 Å². The summed E-state index contributed by atoms with van der Waals surface area (Å²) in [5, 5.41) is 0. The number of carbonyl (C=O) groups excluding carboxylic acids is 1. The molecule has 2 aromatic rings. The summed E-state index contributed by atoms with van der Waals surface area (Å²) in [5.74, 6) is 1.93. The highest BCUT2D eigenvalue weighted by Crippen LogP contribution is 2.32. The molecule has 0 atom stereocenters. The molecule has 2 aliphatic heterocycles. The Morgan fingerprint density at radius 1 is 1.11 bits per heavy atom. The molecule has 142 valence electrons. The fourth-order valence-corrected chi connectivity index (χ4v) is 3.78. The molecule has 1 saturated heterocycles. The lowest BCUT2D eigenvalue weighted by molar-refractivity contribution is -0.917. The van der Waals surface area contributed by atoms with E-state index in [4.69, 9.17) is 13.9 Å². The molecule has 0 radical (unpaired) electrons. The van der Waals surface area contributed by atoms with E-state index in [1.165, 1.54) is 16.5 Å². The van der Waals surface area contributed by atoms with Crippen molar-refractivity contribution in [1.29, 1.82) is 0 Å². The van der Waals surface area contributed by atoms with Crippen LogP contribution >= 0.6 is 0 Å². The van der Waals surface area contributed by atoms with Gasteiger partial charge in [-0.1, -0.05) is 0 Å². The molecule has 1 fully saturated rings. The molecule has 2 aliphatic rings. The van der Waals surface area contributed by atoms with Crippen molar-refractivity contribution in [1.82, 2.24) is 4.90 Å². The number of aryl methyl sites for hydroxylation is 2. The molecule has 0 unspecified atom stereocenters. The molecule has 0 spiro atoms. The van der Waals surface area contributed by atoms with Crippen LogP contribution in [0.3, 0.4) is 0 Å². The van der Waals surface area contributed by atoms with Crippen molar-refractivity contribution < 1.29 is 23.6 Å². The fourth-order valence-electron chi connectivity index (χ4n) is 3.78. The molecule has 3 heterocycles. The molecule has 1 aromatic heterocycles. The lowest BCUT2D eigenvalue weighted by Crippen LogP contribution is -3.13. The monoisotopic (exact) mass is 371 g/mol. The Kier molecular flexibility index (Phi) is 4.61. The third kappa shape index (κ3) is 3.55. The van der Waals surface area contributed by atoms with Gasteiger partial charge in [0.1, 0.15) is 12.3 Å². The first-order chi connectivity index (χ1) is 13.0. The topological polar surface area (TPSA) is 73.4 Å². The molecular formula is C20H23N2O5+. The zero-order valence-electron chi connectivity index (χ0n) is 15.5. The molecule has 0 bridgehead atoms. The molecule has 27 heavy (non-hydrogen) atoms. The lowest BCUT2D eigenvalue weighted by atomic mass is 10.1. The number of piperazine rings is 1. The Bertz CT molecular complexity index is 902. The van der Waals surface area contributed by atoms with Gasteiger partial charge in [-0.05, 0) is 37.6 Å². The average Bonchev–Trinajstić information content (AvgIpc) is 3.09.